The van der Waals surface area contributed by atoms with Crippen molar-refractivity contribution in [3.05, 3.63) is 29.0 Å². The number of pyridine rings is 1. The van der Waals surface area contributed by atoms with Crippen LogP contribution in [0.3, 0.4) is 0 Å². The number of alkyl halides is 3. The summed E-state index contributed by atoms with van der Waals surface area (Å²) in [5.41, 5.74) is 0.846. The number of amidine groups is 2. The van der Waals surface area contributed by atoms with Gasteiger partial charge in [-0.15, -0.1) is 0 Å². The SMILES string of the molecule is CC(C)[C@@H](N/C(C=N)=N/C(=N)c1c[nH]c2ncc(Cl)cc12)C(=O)NCC(F)(F)F. The summed E-state index contributed by atoms with van der Waals surface area (Å²) in [6.07, 6.45) is -0.824. The van der Waals surface area contributed by atoms with E-state index in [1.54, 1.807) is 25.2 Å². The van der Waals surface area contributed by atoms with Crippen LogP contribution in [-0.4, -0.2) is 52.5 Å². The average molecular weight is 430 g/mol. The standard InChI is InChI=1S/C17H19ClF3N7O/c1-8(2)13(16(29)26-7-17(19,20)21)27-12(4-22)28-14(23)11-6-25-15-10(11)3-9(18)5-24-15/h3-6,8,13,22H,7H2,1-2H3,(H,24,25)(H,26,29)(H2,23,27,28)/t13-/m1/s1. The van der Waals surface area contributed by atoms with Gasteiger partial charge in [-0.2, -0.15) is 13.2 Å². The first-order chi connectivity index (χ1) is 13.5. The number of nitrogens with zero attached hydrogens (tertiary/aromatic N) is 2. The maximum Gasteiger partial charge on any atom is 0.405 e. The van der Waals surface area contributed by atoms with Crippen molar-refractivity contribution in [3.63, 3.8) is 0 Å². The van der Waals surface area contributed by atoms with E-state index in [4.69, 9.17) is 22.4 Å². The second-order valence-electron chi connectivity index (χ2n) is 6.44. The molecule has 12 heteroatoms. The molecule has 0 aliphatic carbocycles. The zero-order valence-corrected chi connectivity index (χ0v) is 16.2. The Hall–Kier alpha value is -2.95. The molecule has 1 amide bonds. The number of rotatable bonds is 6. The maximum atomic E-state index is 12.4. The monoisotopic (exact) mass is 429 g/mol. The zero-order chi connectivity index (χ0) is 21.8. The molecule has 0 spiro atoms. The van der Waals surface area contributed by atoms with Crippen LogP contribution < -0.4 is 10.6 Å². The molecule has 0 unspecified atom stereocenters. The smallest absolute Gasteiger partial charge is 0.357 e. The number of nitrogens with one attached hydrogen (secondary N) is 5. The molecule has 156 valence electrons. The molecule has 2 heterocycles. The van der Waals surface area contributed by atoms with Crippen molar-refractivity contribution in [2.75, 3.05) is 6.54 Å². The molecule has 8 nitrogen and oxygen atoms in total. The van der Waals surface area contributed by atoms with Gasteiger partial charge in [-0.3, -0.25) is 10.2 Å². The van der Waals surface area contributed by atoms with E-state index in [2.05, 4.69) is 20.3 Å². The third kappa shape index (κ3) is 6.01. The number of halogens is 4. The van der Waals surface area contributed by atoms with E-state index in [0.29, 0.717) is 21.6 Å². The van der Waals surface area contributed by atoms with Crippen LogP contribution in [0.1, 0.15) is 19.4 Å². The predicted octanol–water partition coefficient (Wildman–Crippen LogP) is 2.88. The van der Waals surface area contributed by atoms with Crippen molar-refractivity contribution in [1.82, 2.24) is 20.6 Å². The minimum Gasteiger partial charge on any atom is -0.357 e. The predicted molar refractivity (Wildman–Crippen MR) is 105 cm³/mol. The highest BCUT2D eigenvalue weighted by Crippen LogP contribution is 2.21. The first kappa shape index (κ1) is 22.3. The number of hydrogen-bond acceptors (Lipinski definition) is 4. The molecule has 2 aromatic heterocycles. The number of aromatic nitrogens is 2. The highest BCUT2D eigenvalue weighted by Gasteiger charge is 2.30. The second-order valence-corrected chi connectivity index (χ2v) is 6.88. The molecule has 0 bridgehead atoms. The Morgan fingerprint density at radius 1 is 1.45 bits per heavy atom. The Kier molecular flexibility index (Phi) is 6.96. The first-order valence-electron chi connectivity index (χ1n) is 8.43. The Balaban J connectivity index is 2.22. The van der Waals surface area contributed by atoms with Crippen LogP contribution in [0.2, 0.25) is 5.02 Å². The summed E-state index contributed by atoms with van der Waals surface area (Å²) in [7, 11) is 0. The van der Waals surface area contributed by atoms with Crippen LogP contribution in [0.25, 0.3) is 11.0 Å². The molecule has 0 fully saturated rings. The molecule has 0 aromatic carbocycles. The van der Waals surface area contributed by atoms with Crippen molar-refractivity contribution in [2.45, 2.75) is 26.1 Å². The van der Waals surface area contributed by atoms with Gasteiger partial charge in [0.2, 0.25) is 5.91 Å². The van der Waals surface area contributed by atoms with Gasteiger partial charge < -0.3 is 21.0 Å². The van der Waals surface area contributed by atoms with Crippen molar-refractivity contribution < 1.29 is 18.0 Å². The molecule has 0 saturated carbocycles. The largest absolute Gasteiger partial charge is 0.405 e. The molecule has 2 aromatic rings. The Morgan fingerprint density at radius 3 is 2.72 bits per heavy atom. The van der Waals surface area contributed by atoms with Crippen LogP contribution in [-0.2, 0) is 4.79 Å². The zero-order valence-electron chi connectivity index (χ0n) is 15.5. The molecule has 29 heavy (non-hydrogen) atoms. The summed E-state index contributed by atoms with van der Waals surface area (Å²) in [5.74, 6) is -1.69. The van der Waals surface area contributed by atoms with Crippen molar-refractivity contribution in [1.29, 1.82) is 10.8 Å². The number of H-pyrrole nitrogens is 1. The average Bonchev–Trinajstić information content (AvgIpc) is 3.05. The van der Waals surface area contributed by atoms with Gasteiger partial charge in [0, 0.05) is 23.3 Å². The molecule has 1 atom stereocenters. The van der Waals surface area contributed by atoms with Crippen LogP contribution in [0.4, 0.5) is 13.2 Å². The van der Waals surface area contributed by atoms with Gasteiger partial charge in [-0.1, -0.05) is 25.4 Å². The van der Waals surface area contributed by atoms with Gasteiger partial charge in [-0.25, -0.2) is 9.98 Å². The Bertz CT molecular complexity index is 952. The van der Waals surface area contributed by atoms with E-state index < -0.39 is 30.6 Å². The van der Waals surface area contributed by atoms with E-state index in [1.807, 2.05) is 0 Å². The van der Waals surface area contributed by atoms with Gasteiger partial charge in [0.15, 0.2) is 5.84 Å². The minimum absolute atomic E-state index is 0.153. The molecule has 5 N–H and O–H groups in total. The van der Waals surface area contributed by atoms with Crippen LogP contribution in [0, 0.1) is 16.7 Å². The lowest BCUT2D eigenvalue weighted by molar-refractivity contribution is -0.140. The lowest BCUT2D eigenvalue weighted by Gasteiger charge is -2.22. The summed E-state index contributed by atoms with van der Waals surface area (Å²) in [4.78, 5) is 23.1. The summed E-state index contributed by atoms with van der Waals surface area (Å²) in [5, 5.41) is 21.0. The summed E-state index contributed by atoms with van der Waals surface area (Å²) in [6.45, 7) is 1.79. The van der Waals surface area contributed by atoms with Gasteiger partial charge in [0.25, 0.3) is 0 Å². The number of fused-ring (bicyclic) bond motifs is 1. The van der Waals surface area contributed by atoms with E-state index in [9.17, 15) is 18.0 Å². The highest BCUT2D eigenvalue weighted by atomic mass is 35.5. The summed E-state index contributed by atoms with van der Waals surface area (Å²) in [6, 6.07) is 0.517. The third-order valence-electron chi connectivity index (χ3n) is 3.84. The van der Waals surface area contributed by atoms with E-state index in [1.165, 1.54) is 12.4 Å². The van der Waals surface area contributed by atoms with E-state index in [-0.39, 0.29) is 11.7 Å². The number of carbonyl (C=O) groups is 1. The van der Waals surface area contributed by atoms with Crippen molar-refractivity contribution >= 4 is 46.4 Å². The Labute approximate surface area is 169 Å². The molecule has 0 saturated heterocycles. The van der Waals surface area contributed by atoms with Crippen LogP contribution in [0.15, 0.2) is 23.5 Å². The summed E-state index contributed by atoms with van der Waals surface area (Å²) >= 11 is 5.93. The number of amides is 1. The topological polar surface area (TPSA) is 130 Å². The molecular formula is C17H19ClF3N7O. The van der Waals surface area contributed by atoms with Crippen LogP contribution in [0.5, 0.6) is 0 Å². The lowest BCUT2D eigenvalue weighted by atomic mass is 10.0. The molecule has 0 radical (unpaired) electrons. The maximum absolute atomic E-state index is 12.4. The minimum atomic E-state index is -4.54. The van der Waals surface area contributed by atoms with E-state index in [0.717, 1.165) is 6.21 Å². The quantitative estimate of drug-likeness (QED) is 0.357. The third-order valence-corrected chi connectivity index (χ3v) is 4.04. The number of hydrogen-bond donors (Lipinski definition) is 5. The van der Waals surface area contributed by atoms with Crippen molar-refractivity contribution in [3.8, 4) is 0 Å². The second kappa shape index (κ2) is 9.03. The number of aliphatic imine (C=N–C) groups is 1. The highest BCUT2D eigenvalue weighted by molar-refractivity contribution is 6.33. The van der Waals surface area contributed by atoms with Crippen molar-refractivity contribution in [2.24, 2.45) is 10.9 Å². The van der Waals surface area contributed by atoms with Gasteiger partial charge in [0.1, 0.15) is 24.1 Å². The normalized spacial score (nSPS) is 13.4. The van der Waals surface area contributed by atoms with Gasteiger partial charge in [-0.05, 0) is 12.0 Å². The van der Waals surface area contributed by atoms with Gasteiger partial charge >= 0.3 is 6.18 Å². The molecule has 2 rings (SSSR count). The fraction of sp³-hybridized carbons (Fsp3) is 0.353. The first-order valence-corrected chi connectivity index (χ1v) is 8.81. The fourth-order valence-corrected chi connectivity index (χ4v) is 2.61. The fourth-order valence-electron chi connectivity index (χ4n) is 2.45. The lowest BCUT2D eigenvalue weighted by Crippen LogP contribution is -2.51. The number of carbonyl (C=O) groups excluding carboxylic acids is 1. The summed E-state index contributed by atoms with van der Waals surface area (Å²) < 4.78 is 37.1. The van der Waals surface area contributed by atoms with E-state index >= 15 is 0 Å². The van der Waals surface area contributed by atoms with Gasteiger partial charge in [0.05, 0.1) is 11.2 Å². The molecule has 0 aliphatic heterocycles. The Morgan fingerprint density at radius 2 is 2.14 bits per heavy atom. The molecular weight excluding hydrogens is 411 g/mol. The van der Waals surface area contributed by atoms with Crippen LogP contribution >= 0.6 is 11.6 Å². The number of aromatic amines is 1. The molecule has 0 aliphatic rings.